The van der Waals surface area contributed by atoms with Crippen molar-refractivity contribution in [3.63, 3.8) is 0 Å². The fraction of sp³-hybridized carbons (Fsp3) is 0.712. The van der Waals surface area contributed by atoms with Gasteiger partial charge in [-0.3, -0.25) is 14.4 Å². The molecule has 0 aliphatic carbocycles. The average molecular weight is 1000 g/mol. The molecule has 0 bridgehead atoms. The minimum Gasteiger partial charge on any atom is -0.462 e. The van der Waals surface area contributed by atoms with E-state index in [0.29, 0.717) is 19.3 Å². The van der Waals surface area contributed by atoms with Gasteiger partial charge in [0, 0.05) is 19.3 Å². The maximum absolute atomic E-state index is 12.9. The second kappa shape index (κ2) is 59.9. The van der Waals surface area contributed by atoms with Gasteiger partial charge in [0.1, 0.15) is 13.2 Å². The Morgan fingerprint density at radius 2 is 0.500 bits per heavy atom. The van der Waals surface area contributed by atoms with Crippen LogP contribution in [0.3, 0.4) is 0 Å². The van der Waals surface area contributed by atoms with Crippen molar-refractivity contribution in [3.8, 4) is 0 Å². The Morgan fingerprint density at radius 1 is 0.278 bits per heavy atom. The molecule has 0 radical (unpaired) electrons. The number of ether oxygens (including phenoxy) is 3. The lowest BCUT2D eigenvalue weighted by molar-refractivity contribution is -0.167. The normalized spacial score (nSPS) is 12.8. The van der Waals surface area contributed by atoms with Crippen LogP contribution >= 0.6 is 0 Å². The molecule has 0 aliphatic rings. The van der Waals surface area contributed by atoms with E-state index in [2.05, 4.69) is 118 Å². The maximum Gasteiger partial charge on any atom is 0.306 e. The van der Waals surface area contributed by atoms with Crippen LogP contribution in [-0.4, -0.2) is 37.2 Å². The Balaban J connectivity index is 4.51. The Bertz CT molecular complexity index is 1430. The van der Waals surface area contributed by atoms with Crippen molar-refractivity contribution in [3.05, 3.63) is 97.2 Å². The molecule has 0 aromatic carbocycles. The van der Waals surface area contributed by atoms with Crippen molar-refractivity contribution < 1.29 is 28.6 Å². The van der Waals surface area contributed by atoms with Gasteiger partial charge in [0.25, 0.3) is 0 Å². The average Bonchev–Trinajstić information content (AvgIpc) is 3.38. The molecule has 0 aliphatic heterocycles. The third kappa shape index (κ3) is 57.2. The van der Waals surface area contributed by atoms with Crippen LogP contribution in [0.15, 0.2) is 97.2 Å². The zero-order valence-corrected chi connectivity index (χ0v) is 47.2. The summed E-state index contributed by atoms with van der Waals surface area (Å²) in [7, 11) is 0. The lowest BCUT2D eigenvalue weighted by Crippen LogP contribution is -2.30. The molecule has 1 atom stereocenters. The summed E-state index contributed by atoms with van der Waals surface area (Å²) in [6.45, 7) is 6.57. The minimum atomic E-state index is -0.806. The Labute approximate surface area is 445 Å². The van der Waals surface area contributed by atoms with E-state index < -0.39 is 6.10 Å². The van der Waals surface area contributed by atoms with E-state index in [1.165, 1.54) is 116 Å². The molecule has 0 aromatic heterocycles. The second-order valence-corrected chi connectivity index (χ2v) is 20.1. The molecule has 1 unspecified atom stereocenters. The monoisotopic (exact) mass is 1000 g/mol. The van der Waals surface area contributed by atoms with Gasteiger partial charge in [-0.25, -0.2) is 0 Å². The van der Waals surface area contributed by atoms with E-state index in [1.807, 2.05) is 0 Å². The van der Waals surface area contributed by atoms with Crippen LogP contribution in [-0.2, 0) is 28.6 Å². The van der Waals surface area contributed by atoms with Crippen LogP contribution in [0.4, 0.5) is 0 Å². The first-order valence-electron chi connectivity index (χ1n) is 30.3. The van der Waals surface area contributed by atoms with Crippen molar-refractivity contribution in [2.24, 2.45) is 0 Å². The van der Waals surface area contributed by atoms with Crippen LogP contribution in [0.5, 0.6) is 0 Å². The van der Waals surface area contributed by atoms with Gasteiger partial charge in [0.2, 0.25) is 0 Å². The van der Waals surface area contributed by atoms with Crippen molar-refractivity contribution in [2.75, 3.05) is 13.2 Å². The van der Waals surface area contributed by atoms with Crippen LogP contribution in [0.2, 0.25) is 0 Å². The fourth-order valence-corrected chi connectivity index (χ4v) is 8.32. The quantitative estimate of drug-likeness (QED) is 0.0261. The molecule has 6 heteroatoms. The number of carbonyl (C=O) groups excluding carboxylic acids is 3. The van der Waals surface area contributed by atoms with Crippen molar-refractivity contribution in [1.82, 2.24) is 0 Å². The van der Waals surface area contributed by atoms with E-state index in [1.54, 1.807) is 0 Å². The molecule has 412 valence electrons. The Kier molecular flexibility index (Phi) is 56.8. The molecule has 0 heterocycles. The first-order chi connectivity index (χ1) is 35.5. The molecule has 72 heavy (non-hydrogen) atoms. The minimum absolute atomic E-state index is 0.101. The topological polar surface area (TPSA) is 78.9 Å². The van der Waals surface area contributed by atoms with Gasteiger partial charge < -0.3 is 14.2 Å². The van der Waals surface area contributed by atoms with Crippen molar-refractivity contribution in [1.29, 1.82) is 0 Å². The SMILES string of the molecule is CCCCCCC\C=C/C=C\C=C/CCCCCCCC(=O)OCC(COC(=O)CCCCCCC/C=C\C=C/CCCCCCCCC)OC(=O)CCCCCCC\C=C/C=C\C=C/CCCCCCC. The van der Waals surface area contributed by atoms with Gasteiger partial charge in [-0.15, -0.1) is 0 Å². The predicted octanol–water partition coefficient (Wildman–Crippen LogP) is 20.5. The lowest BCUT2D eigenvalue weighted by atomic mass is 10.1. The van der Waals surface area contributed by atoms with Gasteiger partial charge in [-0.2, -0.15) is 0 Å². The van der Waals surface area contributed by atoms with E-state index in [0.717, 1.165) is 128 Å². The number of hydrogen-bond donors (Lipinski definition) is 0. The molecule has 6 nitrogen and oxygen atoms in total. The van der Waals surface area contributed by atoms with Gasteiger partial charge >= 0.3 is 17.9 Å². The van der Waals surface area contributed by atoms with Gasteiger partial charge in [-0.05, 0) is 96.3 Å². The first-order valence-corrected chi connectivity index (χ1v) is 30.3. The summed E-state index contributed by atoms with van der Waals surface area (Å²) < 4.78 is 16.9. The molecule has 0 fully saturated rings. The van der Waals surface area contributed by atoms with E-state index in [4.69, 9.17) is 14.2 Å². The number of hydrogen-bond acceptors (Lipinski definition) is 6. The molecule has 0 saturated carbocycles. The highest BCUT2D eigenvalue weighted by Crippen LogP contribution is 2.14. The van der Waals surface area contributed by atoms with Crippen LogP contribution < -0.4 is 0 Å². The summed E-state index contributed by atoms with van der Waals surface area (Å²) in [6, 6.07) is 0. The highest BCUT2D eigenvalue weighted by atomic mass is 16.6. The first kappa shape index (κ1) is 68.3. The highest BCUT2D eigenvalue weighted by molar-refractivity contribution is 5.71. The van der Waals surface area contributed by atoms with Crippen LogP contribution in [0.25, 0.3) is 0 Å². The zero-order chi connectivity index (χ0) is 52.2. The summed E-state index contributed by atoms with van der Waals surface area (Å²) in [5.41, 5.74) is 0. The standard InChI is InChI=1S/C66H112O6/c1-4-7-10-13-16-19-22-25-28-31-34-37-40-43-46-49-52-55-58-64(67)70-61-63(72-66(69)60-57-54-51-48-45-42-39-36-33-30-27-24-21-18-15-12-9-6-3)62-71-65(68)59-56-53-50-47-44-41-38-35-32-29-26-23-20-17-14-11-8-5-2/h22,24-25,27-39,63H,4-21,23,26,40-62H2,1-3H3/b25-22-,27-24-,31-28-,32-29-,33-30-,37-34-,38-35-,39-36-. The number of allylic oxidation sites excluding steroid dienone is 16. The molecule has 0 aromatic rings. The number of rotatable bonds is 54. The molecule has 0 saturated heterocycles. The summed E-state index contributed by atoms with van der Waals surface area (Å²) in [6.07, 6.45) is 79.6. The summed E-state index contributed by atoms with van der Waals surface area (Å²) in [5, 5.41) is 0. The summed E-state index contributed by atoms with van der Waals surface area (Å²) in [5.74, 6) is -0.949. The highest BCUT2D eigenvalue weighted by Gasteiger charge is 2.19. The number of carbonyl (C=O) groups is 3. The summed E-state index contributed by atoms with van der Waals surface area (Å²) >= 11 is 0. The Morgan fingerprint density at radius 3 is 0.778 bits per heavy atom. The zero-order valence-electron chi connectivity index (χ0n) is 47.2. The van der Waals surface area contributed by atoms with Gasteiger partial charge in [0.15, 0.2) is 6.10 Å². The predicted molar refractivity (Wildman–Crippen MR) is 311 cm³/mol. The van der Waals surface area contributed by atoms with E-state index >= 15 is 0 Å². The Hall–Kier alpha value is -3.67. The van der Waals surface area contributed by atoms with Crippen molar-refractivity contribution in [2.45, 2.75) is 290 Å². The van der Waals surface area contributed by atoms with E-state index in [-0.39, 0.29) is 31.1 Å². The molecular weight excluding hydrogens is 889 g/mol. The molecular formula is C66H112O6. The van der Waals surface area contributed by atoms with Gasteiger partial charge in [0.05, 0.1) is 0 Å². The smallest absolute Gasteiger partial charge is 0.306 e. The third-order valence-electron chi connectivity index (χ3n) is 12.9. The number of unbranched alkanes of at least 4 members (excludes halogenated alkanes) is 32. The second-order valence-electron chi connectivity index (χ2n) is 20.1. The van der Waals surface area contributed by atoms with Crippen LogP contribution in [0.1, 0.15) is 284 Å². The van der Waals surface area contributed by atoms with Gasteiger partial charge in [-0.1, -0.05) is 266 Å². The van der Waals surface area contributed by atoms with Crippen molar-refractivity contribution >= 4 is 17.9 Å². The maximum atomic E-state index is 12.9. The molecule has 0 N–H and O–H groups in total. The number of esters is 3. The lowest BCUT2D eigenvalue weighted by Gasteiger charge is -2.18. The third-order valence-corrected chi connectivity index (χ3v) is 12.9. The molecule has 0 amide bonds. The molecule has 0 rings (SSSR count). The summed E-state index contributed by atoms with van der Waals surface area (Å²) in [4.78, 5) is 38.2. The largest absolute Gasteiger partial charge is 0.462 e. The molecule has 0 spiro atoms. The van der Waals surface area contributed by atoms with Crippen LogP contribution in [0, 0.1) is 0 Å². The van der Waals surface area contributed by atoms with E-state index in [9.17, 15) is 14.4 Å². The fourth-order valence-electron chi connectivity index (χ4n) is 8.32.